The SMILES string of the molecule is CO/C(C)=C(\C#N)S(=O)(=O)c1ccccc1[N+](=O)[O-]. The third kappa shape index (κ3) is 2.71. The van der Waals surface area contributed by atoms with Crippen molar-refractivity contribution in [2.75, 3.05) is 7.11 Å². The molecule has 1 aromatic rings. The number of nitrogens with zero attached hydrogens (tertiary/aromatic N) is 2. The molecular weight excluding hydrogens is 272 g/mol. The predicted octanol–water partition coefficient (Wildman–Crippen LogP) is 1.77. The van der Waals surface area contributed by atoms with E-state index in [1.807, 2.05) is 0 Å². The van der Waals surface area contributed by atoms with Gasteiger partial charge in [0.1, 0.15) is 16.7 Å². The Balaban J connectivity index is 3.63. The second kappa shape index (κ2) is 5.49. The number of allylic oxidation sites excluding steroid dienone is 2. The van der Waals surface area contributed by atoms with Crippen LogP contribution in [-0.2, 0) is 14.6 Å². The van der Waals surface area contributed by atoms with E-state index in [4.69, 9.17) is 10.00 Å². The minimum Gasteiger partial charge on any atom is -0.499 e. The van der Waals surface area contributed by atoms with E-state index in [-0.39, 0.29) is 5.76 Å². The highest BCUT2D eigenvalue weighted by atomic mass is 32.2. The molecule has 0 radical (unpaired) electrons. The number of nitriles is 1. The summed E-state index contributed by atoms with van der Waals surface area (Å²) < 4.78 is 29.2. The Kier molecular flexibility index (Phi) is 4.24. The zero-order valence-corrected chi connectivity index (χ0v) is 11.0. The summed E-state index contributed by atoms with van der Waals surface area (Å²) in [6, 6.07) is 6.33. The number of benzene rings is 1. The second-order valence-electron chi connectivity index (χ2n) is 3.43. The molecular formula is C11H10N2O5S. The normalized spacial score (nSPS) is 12.3. The topological polar surface area (TPSA) is 110 Å². The number of ether oxygens (including phenoxy) is 1. The van der Waals surface area contributed by atoms with E-state index < -0.39 is 30.2 Å². The van der Waals surface area contributed by atoms with Gasteiger partial charge in [-0.15, -0.1) is 0 Å². The van der Waals surface area contributed by atoms with Crippen LogP contribution in [0.4, 0.5) is 5.69 Å². The molecule has 100 valence electrons. The first kappa shape index (κ1) is 14.7. The Morgan fingerprint density at radius 3 is 2.47 bits per heavy atom. The molecule has 0 heterocycles. The van der Waals surface area contributed by atoms with Crippen molar-refractivity contribution in [1.82, 2.24) is 0 Å². The van der Waals surface area contributed by atoms with Gasteiger partial charge in [0.05, 0.1) is 12.0 Å². The maximum absolute atomic E-state index is 12.2. The quantitative estimate of drug-likeness (QED) is 0.360. The summed E-state index contributed by atoms with van der Waals surface area (Å²) in [7, 11) is -3.08. The van der Waals surface area contributed by atoms with Gasteiger partial charge in [0.25, 0.3) is 5.69 Å². The van der Waals surface area contributed by atoms with E-state index in [1.165, 1.54) is 32.2 Å². The minimum atomic E-state index is -4.29. The lowest BCUT2D eigenvalue weighted by Crippen LogP contribution is -2.09. The number of nitro benzene ring substituents is 1. The standard InChI is InChI=1S/C11H10N2O5S/c1-8(18-2)11(7-12)19(16,17)10-6-4-3-5-9(10)13(14)15/h3-6H,1-2H3/b11-8+. The van der Waals surface area contributed by atoms with Gasteiger partial charge in [-0.2, -0.15) is 5.26 Å². The van der Waals surface area contributed by atoms with Crippen LogP contribution in [0.5, 0.6) is 0 Å². The van der Waals surface area contributed by atoms with Gasteiger partial charge in [0.2, 0.25) is 9.84 Å². The molecule has 1 aromatic carbocycles. The lowest BCUT2D eigenvalue weighted by atomic mass is 10.3. The lowest BCUT2D eigenvalue weighted by molar-refractivity contribution is -0.387. The summed E-state index contributed by atoms with van der Waals surface area (Å²) in [5, 5.41) is 19.7. The second-order valence-corrected chi connectivity index (χ2v) is 5.28. The largest absolute Gasteiger partial charge is 0.499 e. The fourth-order valence-corrected chi connectivity index (χ4v) is 2.84. The van der Waals surface area contributed by atoms with Crippen LogP contribution in [0.25, 0.3) is 0 Å². The summed E-state index contributed by atoms with van der Waals surface area (Å²) in [6.45, 7) is 1.30. The van der Waals surface area contributed by atoms with E-state index in [9.17, 15) is 18.5 Å². The molecule has 0 N–H and O–H groups in total. The third-order valence-electron chi connectivity index (χ3n) is 2.35. The van der Waals surface area contributed by atoms with Crippen LogP contribution in [0.3, 0.4) is 0 Å². The molecule has 1 rings (SSSR count). The van der Waals surface area contributed by atoms with Crippen LogP contribution in [0, 0.1) is 21.4 Å². The number of hydrogen-bond donors (Lipinski definition) is 0. The van der Waals surface area contributed by atoms with Crippen molar-refractivity contribution in [1.29, 1.82) is 5.26 Å². The molecule has 0 aliphatic rings. The van der Waals surface area contributed by atoms with Crippen LogP contribution < -0.4 is 0 Å². The molecule has 0 aromatic heterocycles. The maximum atomic E-state index is 12.2. The average Bonchev–Trinajstić information content (AvgIpc) is 2.38. The number of hydrogen-bond acceptors (Lipinski definition) is 6. The molecule has 0 saturated carbocycles. The fraction of sp³-hybridized carbons (Fsp3) is 0.182. The zero-order chi connectivity index (χ0) is 14.6. The summed E-state index contributed by atoms with van der Waals surface area (Å²) >= 11 is 0. The first-order chi connectivity index (χ1) is 8.86. The Labute approximate surface area is 109 Å². The van der Waals surface area contributed by atoms with Crippen molar-refractivity contribution in [3.8, 4) is 6.07 Å². The summed E-state index contributed by atoms with van der Waals surface area (Å²) in [5.41, 5.74) is -0.584. The van der Waals surface area contributed by atoms with E-state index >= 15 is 0 Å². The lowest BCUT2D eigenvalue weighted by Gasteiger charge is -2.06. The van der Waals surface area contributed by atoms with Gasteiger partial charge in [0.15, 0.2) is 4.91 Å². The highest BCUT2D eigenvalue weighted by molar-refractivity contribution is 7.95. The third-order valence-corrected chi connectivity index (χ3v) is 4.19. The number of nitro groups is 1. The molecule has 0 amide bonds. The van der Waals surface area contributed by atoms with Crippen LogP contribution >= 0.6 is 0 Å². The maximum Gasteiger partial charge on any atom is 0.288 e. The Bertz CT molecular complexity index is 685. The van der Waals surface area contributed by atoms with E-state index in [0.717, 1.165) is 12.1 Å². The van der Waals surface area contributed by atoms with Gasteiger partial charge < -0.3 is 4.74 Å². The van der Waals surface area contributed by atoms with Crippen LogP contribution in [0.2, 0.25) is 0 Å². The fourth-order valence-electron chi connectivity index (χ4n) is 1.37. The predicted molar refractivity (Wildman–Crippen MR) is 65.6 cm³/mol. The van der Waals surface area contributed by atoms with Gasteiger partial charge in [-0.3, -0.25) is 10.1 Å². The van der Waals surface area contributed by atoms with Gasteiger partial charge in [0, 0.05) is 6.07 Å². The van der Waals surface area contributed by atoms with Gasteiger partial charge in [-0.1, -0.05) is 12.1 Å². The first-order valence-electron chi connectivity index (χ1n) is 4.99. The number of methoxy groups -OCH3 is 1. The molecule has 0 unspecified atom stereocenters. The van der Waals surface area contributed by atoms with E-state index in [0.29, 0.717) is 0 Å². The smallest absolute Gasteiger partial charge is 0.288 e. The number of rotatable bonds is 4. The van der Waals surface area contributed by atoms with Crippen molar-refractivity contribution in [3.05, 3.63) is 45.0 Å². The number of para-hydroxylation sites is 1. The first-order valence-corrected chi connectivity index (χ1v) is 6.48. The zero-order valence-electron chi connectivity index (χ0n) is 10.2. The molecule has 7 nitrogen and oxygen atoms in total. The van der Waals surface area contributed by atoms with Crippen molar-refractivity contribution in [2.45, 2.75) is 11.8 Å². The highest BCUT2D eigenvalue weighted by Crippen LogP contribution is 2.29. The monoisotopic (exact) mass is 282 g/mol. The molecule has 0 bridgehead atoms. The van der Waals surface area contributed by atoms with Crippen molar-refractivity contribution >= 4 is 15.5 Å². The minimum absolute atomic E-state index is 0.124. The van der Waals surface area contributed by atoms with E-state index in [2.05, 4.69) is 0 Å². The molecule has 19 heavy (non-hydrogen) atoms. The van der Waals surface area contributed by atoms with Gasteiger partial charge in [-0.25, -0.2) is 8.42 Å². The van der Waals surface area contributed by atoms with Gasteiger partial charge in [-0.05, 0) is 13.0 Å². The molecule has 0 saturated heterocycles. The van der Waals surface area contributed by atoms with Crippen molar-refractivity contribution < 1.29 is 18.1 Å². The summed E-state index contributed by atoms with van der Waals surface area (Å²) in [4.78, 5) is 8.83. The molecule has 0 aliphatic carbocycles. The van der Waals surface area contributed by atoms with Crippen LogP contribution in [0.15, 0.2) is 39.8 Å². The Hall–Kier alpha value is -2.40. The van der Waals surface area contributed by atoms with Crippen LogP contribution in [0.1, 0.15) is 6.92 Å². The van der Waals surface area contributed by atoms with E-state index in [1.54, 1.807) is 0 Å². The number of sulfone groups is 1. The van der Waals surface area contributed by atoms with Crippen molar-refractivity contribution in [3.63, 3.8) is 0 Å². The summed E-state index contributed by atoms with van der Waals surface area (Å²) in [6.07, 6.45) is 0. The molecule has 0 atom stereocenters. The highest BCUT2D eigenvalue weighted by Gasteiger charge is 2.31. The van der Waals surface area contributed by atoms with Gasteiger partial charge >= 0.3 is 0 Å². The molecule has 0 aliphatic heterocycles. The molecule has 8 heteroatoms. The summed E-state index contributed by atoms with van der Waals surface area (Å²) in [5.74, 6) is -0.124. The Morgan fingerprint density at radius 2 is 2.00 bits per heavy atom. The van der Waals surface area contributed by atoms with Crippen LogP contribution in [-0.4, -0.2) is 20.5 Å². The average molecular weight is 282 g/mol. The Morgan fingerprint density at radius 1 is 1.42 bits per heavy atom. The van der Waals surface area contributed by atoms with Crippen molar-refractivity contribution in [2.24, 2.45) is 0 Å². The molecule has 0 spiro atoms. The molecule has 0 fully saturated rings.